The van der Waals surface area contributed by atoms with E-state index in [2.05, 4.69) is 31.5 Å². The molecule has 0 spiro atoms. The number of rotatable bonds is 3. The van der Waals surface area contributed by atoms with Gasteiger partial charge in [0.2, 0.25) is 0 Å². The minimum absolute atomic E-state index is 0.156. The molecule has 0 saturated heterocycles. The molecule has 0 aliphatic heterocycles. The van der Waals surface area contributed by atoms with Crippen LogP contribution >= 0.6 is 15.9 Å². The second-order valence-corrected chi connectivity index (χ2v) is 5.07. The maximum absolute atomic E-state index is 12.1. The van der Waals surface area contributed by atoms with E-state index in [1.165, 1.54) is 0 Å². The number of amides is 1. The van der Waals surface area contributed by atoms with Crippen molar-refractivity contribution >= 4 is 33.3 Å². The fourth-order valence-corrected chi connectivity index (χ4v) is 2.33. The van der Waals surface area contributed by atoms with Gasteiger partial charge in [0.25, 0.3) is 5.91 Å². The highest BCUT2D eigenvalue weighted by Crippen LogP contribution is 2.20. The fourth-order valence-electron chi connectivity index (χ4n) is 1.72. The van der Waals surface area contributed by atoms with Gasteiger partial charge in [0.15, 0.2) is 0 Å². The van der Waals surface area contributed by atoms with E-state index in [1.807, 2.05) is 25.1 Å². The van der Waals surface area contributed by atoms with Gasteiger partial charge in [-0.3, -0.25) is 4.79 Å². The molecule has 1 amide bonds. The molecule has 19 heavy (non-hydrogen) atoms. The molecule has 0 aliphatic carbocycles. The van der Waals surface area contributed by atoms with Crippen molar-refractivity contribution in [2.24, 2.45) is 0 Å². The van der Waals surface area contributed by atoms with Crippen LogP contribution in [-0.2, 0) is 0 Å². The quantitative estimate of drug-likeness (QED) is 0.911. The maximum Gasteiger partial charge on any atom is 0.255 e. The third-order valence-electron chi connectivity index (χ3n) is 2.58. The predicted octanol–water partition coefficient (Wildman–Crippen LogP) is 3.45. The number of nitrogens with one attached hydrogen (secondary N) is 2. The van der Waals surface area contributed by atoms with Crippen LogP contribution in [0.4, 0.5) is 11.5 Å². The third kappa shape index (κ3) is 3.54. The summed E-state index contributed by atoms with van der Waals surface area (Å²) in [6, 6.07) is 9.16. The number of carbonyl (C=O) groups is 1. The smallest absolute Gasteiger partial charge is 0.255 e. The van der Waals surface area contributed by atoms with Crippen LogP contribution in [0, 0.1) is 6.92 Å². The van der Waals surface area contributed by atoms with Gasteiger partial charge in [0, 0.05) is 29.0 Å². The normalized spacial score (nSPS) is 10.1. The minimum atomic E-state index is -0.156. The first-order valence-corrected chi connectivity index (χ1v) is 6.60. The Morgan fingerprint density at radius 1 is 1.26 bits per heavy atom. The highest BCUT2D eigenvalue weighted by Gasteiger charge is 2.07. The first-order valence-electron chi connectivity index (χ1n) is 5.81. The predicted molar refractivity (Wildman–Crippen MR) is 80.6 cm³/mol. The summed E-state index contributed by atoms with van der Waals surface area (Å²) >= 11 is 3.41. The number of aromatic nitrogens is 1. The monoisotopic (exact) mass is 319 g/mol. The molecule has 2 rings (SSSR count). The van der Waals surface area contributed by atoms with Gasteiger partial charge < -0.3 is 10.6 Å². The highest BCUT2D eigenvalue weighted by atomic mass is 79.9. The van der Waals surface area contributed by atoms with Gasteiger partial charge in [-0.2, -0.15) is 0 Å². The summed E-state index contributed by atoms with van der Waals surface area (Å²) in [4.78, 5) is 16.2. The largest absolute Gasteiger partial charge is 0.373 e. The Morgan fingerprint density at radius 3 is 2.74 bits per heavy atom. The number of halogens is 1. The van der Waals surface area contributed by atoms with Crippen molar-refractivity contribution in [2.75, 3.05) is 17.7 Å². The van der Waals surface area contributed by atoms with Gasteiger partial charge in [-0.1, -0.05) is 15.9 Å². The number of aryl methyl sites for hydroxylation is 1. The van der Waals surface area contributed by atoms with Crippen molar-refractivity contribution in [3.63, 3.8) is 0 Å². The van der Waals surface area contributed by atoms with E-state index in [1.54, 1.807) is 25.4 Å². The number of anilines is 2. The van der Waals surface area contributed by atoms with Gasteiger partial charge in [-0.25, -0.2) is 4.98 Å². The number of benzene rings is 1. The lowest BCUT2D eigenvalue weighted by molar-refractivity contribution is 0.102. The van der Waals surface area contributed by atoms with Gasteiger partial charge in [0.05, 0.1) is 0 Å². The SMILES string of the molecule is CNc1cc(C(=O)Nc2cc(C)cc(Br)c2)ccn1. The molecule has 1 heterocycles. The van der Waals surface area contributed by atoms with E-state index in [0.29, 0.717) is 11.4 Å². The van der Waals surface area contributed by atoms with Gasteiger partial charge >= 0.3 is 0 Å². The molecular weight excluding hydrogens is 306 g/mol. The van der Waals surface area contributed by atoms with Crippen LogP contribution in [0.1, 0.15) is 15.9 Å². The van der Waals surface area contributed by atoms with Crippen molar-refractivity contribution < 1.29 is 4.79 Å². The van der Waals surface area contributed by atoms with Crippen LogP contribution < -0.4 is 10.6 Å². The molecule has 4 nitrogen and oxygen atoms in total. The maximum atomic E-state index is 12.1. The lowest BCUT2D eigenvalue weighted by Crippen LogP contribution is -2.12. The molecule has 0 fully saturated rings. The molecule has 0 radical (unpaired) electrons. The number of hydrogen-bond acceptors (Lipinski definition) is 3. The van der Waals surface area contributed by atoms with Gasteiger partial charge in [0.1, 0.15) is 5.82 Å². The van der Waals surface area contributed by atoms with Crippen molar-refractivity contribution in [1.29, 1.82) is 0 Å². The number of nitrogens with zero attached hydrogens (tertiary/aromatic N) is 1. The fraction of sp³-hybridized carbons (Fsp3) is 0.143. The molecule has 0 unspecified atom stereocenters. The van der Waals surface area contributed by atoms with Crippen molar-refractivity contribution in [1.82, 2.24) is 4.98 Å². The molecule has 0 aliphatic rings. The standard InChI is InChI=1S/C14H14BrN3O/c1-9-5-11(15)8-12(6-9)18-14(19)10-3-4-17-13(7-10)16-2/h3-8H,1-2H3,(H,16,17)(H,18,19). The van der Waals surface area contributed by atoms with E-state index in [-0.39, 0.29) is 5.91 Å². The number of hydrogen-bond donors (Lipinski definition) is 2. The summed E-state index contributed by atoms with van der Waals surface area (Å²) in [5.41, 5.74) is 2.41. The number of pyridine rings is 1. The highest BCUT2D eigenvalue weighted by molar-refractivity contribution is 9.10. The first-order chi connectivity index (χ1) is 9.08. The van der Waals surface area contributed by atoms with E-state index >= 15 is 0 Å². The molecule has 2 aromatic rings. The van der Waals surface area contributed by atoms with E-state index in [9.17, 15) is 4.79 Å². The Labute approximate surface area is 120 Å². The van der Waals surface area contributed by atoms with E-state index < -0.39 is 0 Å². The molecule has 0 saturated carbocycles. The average Bonchev–Trinajstić information content (AvgIpc) is 2.37. The van der Waals surface area contributed by atoms with Crippen LogP contribution in [-0.4, -0.2) is 17.9 Å². The third-order valence-corrected chi connectivity index (χ3v) is 3.04. The Hall–Kier alpha value is -1.88. The molecule has 1 aromatic heterocycles. The molecule has 5 heteroatoms. The lowest BCUT2D eigenvalue weighted by atomic mass is 10.2. The summed E-state index contributed by atoms with van der Waals surface area (Å²) in [6.07, 6.45) is 1.60. The van der Waals surface area contributed by atoms with Crippen LogP contribution in [0.25, 0.3) is 0 Å². The summed E-state index contributed by atoms with van der Waals surface area (Å²) in [5.74, 6) is 0.509. The molecule has 0 bridgehead atoms. The zero-order valence-electron chi connectivity index (χ0n) is 10.7. The molecule has 2 N–H and O–H groups in total. The van der Waals surface area contributed by atoms with Crippen LogP contribution in [0.5, 0.6) is 0 Å². The second-order valence-electron chi connectivity index (χ2n) is 4.15. The van der Waals surface area contributed by atoms with Gasteiger partial charge in [-0.15, -0.1) is 0 Å². The zero-order chi connectivity index (χ0) is 13.8. The zero-order valence-corrected chi connectivity index (χ0v) is 12.3. The minimum Gasteiger partial charge on any atom is -0.373 e. The molecule has 98 valence electrons. The topological polar surface area (TPSA) is 54.0 Å². The average molecular weight is 320 g/mol. The molecular formula is C14H14BrN3O. The lowest BCUT2D eigenvalue weighted by Gasteiger charge is -2.08. The number of carbonyl (C=O) groups excluding carboxylic acids is 1. The summed E-state index contributed by atoms with van der Waals surface area (Å²) in [5, 5.41) is 5.77. The van der Waals surface area contributed by atoms with Crippen molar-refractivity contribution in [3.8, 4) is 0 Å². The van der Waals surface area contributed by atoms with Crippen molar-refractivity contribution in [3.05, 3.63) is 52.1 Å². The molecule has 0 atom stereocenters. The Bertz CT molecular complexity index is 593. The van der Waals surface area contributed by atoms with Crippen LogP contribution in [0.3, 0.4) is 0 Å². The summed E-state index contributed by atoms with van der Waals surface area (Å²) < 4.78 is 0.938. The van der Waals surface area contributed by atoms with Crippen LogP contribution in [0.15, 0.2) is 41.0 Å². The Morgan fingerprint density at radius 2 is 2.05 bits per heavy atom. The van der Waals surface area contributed by atoms with E-state index in [0.717, 1.165) is 15.7 Å². The Balaban J connectivity index is 2.20. The summed E-state index contributed by atoms with van der Waals surface area (Å²) in [6.45, 7) is 1.98. The molecule has 1 aromatic carbocycles. The van der Waals surface area contributed by atoms with Crippen LogP contribution in [0.2, 0.25) is 0 Å². The van der Waals surface area contributed by atoms with Gasteiger partial charge in [-0.05, 0) is 42.8 Å². The summed E-state index contributed by atoms with van der Waals surface area (Å²) in [7, 11) is 1.77. The second kappa shape index (κ2) is 5.84. The Kier molecular flexibility index (Phi) is 4.16. The van der Waals surface area contributed by atoms with E-state index in [4.69, 9.17) is 0 Å². The first kappa shape index (κ1) is 13.5. The van der Waals surface area contributed by atoms with Crippen molar-refractivity contribution in [2.45, 2.75) is 6.92 Å².